The van der Waals surface area contributed by atoms with Crippen LogP contribution in [0.2, 0.25) is 0 Å². The molecule has 0 radical (unpaired) electrons. The van der Waals surface area contributed by atoms with Crippen LogP contribution in [0.1, 0.15) is 40.5 Å². The van der Waals surface area contributed by atoms with Crippen molar-refractivity contribution in [2.24, 2.45) is 11.8 Å². The molecule has 1 aliphatic rings. The highest BCUT2D eigenvalue weighted by Gasteiger charge is 2.39. The highest BCUT2D eigenvalue weighted by molar-refractivity contribution is 4.95. The smallest absolute Gasteiger partial charge is 0.0193 e. The molecule has 90 valence electrons. The molecular formula is C13H28N2. The van der Waals surface area contributed by atoms with Gasteiger partial charge in [0.15, 0.2) is 0 Å². The van der Waals surface area contributed by atoms with E-state index in [4.69, 9.17) is 0 Å². The Labute approximate surface area is 95.4 Å². The summed E-state index contributed by atoms with van der Waals surface area (Å²) in [5.74, 6) is 1.64. The van der Waals surface area contributed by atoms with E-state index in [0.717, 1.165) is 18.4 Å². The lowest BCUT2D eigenvalue weighted by Crippen LogP contribution is -2.45. The fourth-order valence-corrected chi connectivity index (χ4v) is 2.62. The highest BCUT2D eigenvalue weighted by atomic mass is 15.2. The Morgan fingerprint density at radius 2 is 2.07 bits per heavy atom. The van der Waals surface area contributed by atoms with Gasteiger partial charge in [-0.3, -0.25) is 4.90 Å². The summed E-state index contributed by atoms with van der Waals surface area (Å²) in [5, 5.41) is 3.32. The first-order valence-corrected chi connectivity index (χ1v) is 6.38. The molecule has 1 aliphatic heterocycles. The summed E-state index contributed by atoms with van der Waals surface area (Å²) < 4.78 is 0. The van der Waals surface area contributed by atoms with Gasteiger partial charge in [0.1, 0.15) is 0 Å². The first-order chi connectivity index (χ1) is 6.98. The van der Waals surface area contributed by atoms with Gasteiger partial charge in [-0.05, 0) is 65.2 Å². The van der Waals surface area contributed by atoms with E-state index < -0.39 is 0 Å². The van der Waals surface area contributed by atoms with Gasteiger partial charge in [0.05, 0.1) is 0 Å². The van der Waals surface area contributed by atoms with Crippen molar-refractivity contribution in [3.63, 3.8) is 0 Å². The molecule has 1 rings (SSSR count). The lowest BCUT2D eigenvalue weighted by atomic mass is 9.88. The zero-order valence-electron chi connectivity index (χ0n) is 11.1. The molecule has 0 aromatic carbocycles. The first-order valence-electron chi connectivity index (χ1n) is 6.38. The molecule has 0 aromatic heterocycles. The largest absolute Gasteiger partial charge is 0.319 e. The Balaban J connectivity index is 2.47. The lowest BCUT2D eigenvalue weighted by Gasteiger charge is -2.36. The van der Waals surface area contributed by atoms with E-state index in [2.05, 4.69) is 45.0 Å². The number of hydrogen-bond acceptors (Lipinski definition) is 2. The predicted molar refractivity (Wildman–Crippen MR) is 67.1 cm³/mol. The first kappa shape index (κ1) is 13.0. The van der Waals surface area contributed by atoms with E-state index in [9.17, 15) is 0 Å². The van der Waals surface area contributed by atoms with Crippen molar-refractivity contribution >= 4 is 0 Å². The SMILES string of the molecule is CNCC1CCN(CCC(C)C)C1(C)C. The summed E-state index contributed by atoms with van der Waals surface area (Å²) >= 11 is 0. The lowest BCUT2D eigenvalue weighted by molar-refractivity contribution is 0.131. The topological polar surface area (TPSA) is 15.3 Å². The van der Waals surface area contributed by atoms with Crippen molar-refractivity contribution in [1.29, 1.82) is 0 Å². The summed E-state index contributed by atoms with van der Waals surface area (Å²) in [6, 6.07) is 0. The van der Waals surface area contributed by atoms with Crippen molar-refractivity contribution in [3.8, 4) is 0 Å². The zero-order valence-corrected chi connectivity index (χ0v) is 11.1. The molecule has 1 unspecified atom stereocenters. The molecule has 2 heteroatoms. The van der Waals surface area contributed by atoms with Crippen LogP contribution in [-0.2, 0) is 0 Å². The van der Waals surface area contributed by atoms with Crippen LogP contribution in [0.15, 0.2) is 0 Å². The maximum atomic E-state index is 3.32. The summed E-state index contributed by atoms with van der Waals surface area (Å²) in [6.45, 7) is 13.1. The molecule has 0 spiro atoms. The third-order valence-electron chi connectivity index (χ3n) is 3.99. The molecular weight excluding hydrogens is 184 g/mol. The Bertz CT molecular complexity index is 187. The molecule has 1 saturated heterocycles. The van der Waals surface area contributed by atoms with E-state index in [1.807, 2.05) is 0 Å². The minimum Gasteiger partial charge on any atom is -0.319 e. The minimum atomic E-state index is 0.387. The Morgan fingerprint density at radius 3 is 2.60 bits per heavy atom. The van der Waals surface area contributed by atoms with Gasteiger partial charge in [-0.25, -0.2) is 0 Å². The summed E-state index contributed by atoms with van der Waals surface area (Å²) in [5.41, 5.74) is 0.387. The van der Waals surface area contributed by atoms with Crippen LogP contribution in [-0.4, -0.2) is 37.1 Å². The zero-order chi connectivity index (χ0) is 11.5. The summed E-state index contributed by atoms with van der Waals surface area (Å²) in [6.07, 6.45) is 2.68. The van der Waals surface area contributed by atoms with Gasteiger partial charge in [-0.2, -0.15) is 0 Å². The summed E-state index contributed by atoms with van der Waals surface area (Å²) in [7, 11) is 2.06. The van der Waals surface area contributed by atoms with Crippen molar-refractivity contribution in [1.82, 2.24) is 10.2 Å². The average molecular weight is 212 g/mol. The van der Waals surface area contributed by atoms with E-state index in [0.29, 0.717) is 5.54 Å². The van der Waals surface area contributed by atoms with Crippen molar-refractivity contribution < 1.29 is 0 Å². The van der Waals surface area contributed by atoms with Gasteiger partial charge in [0.25, 0.3) is 0 Å². The van der Waals surface area contributed by atoms with Crippen LogP contribution in [0.3, 0.4) is 0 Å². The Hall–Kier alpha value is -0.0800. The third kappa shape index (κ3) is 3.18. The number of nitrogens with zero attached hydrogens (tertiary/aromatic N) is 1. The molecule has 0 aliphatic carbocycles. The number of likely N-dealkylation sites (tertiary alicyclic amines) is 1. The molecule has 0 saturated carbocycles. The second-order valence-corrected chi connectivity index (χ2v) is 5.87. The van der Waals surface area contributed by atoms with Crippen LogP contribution in [0.4, 0.5) is 0 Å². The quantitative estimate of drug-likeness (QED) is 0.752. The van der Waals surface area contributed by atoms with Gasteiger partial charge in [-0.15, -0.1) is 0 Å². The van der Waals surface area contributed by atoms with Gasteiger partial charge in [-0.1, -0.05) is 13.8 Å². The second-order valence-electron chi connectivity index (χ2n) is 5.87. The van der Waals surface area contributed by atoms with Gasteiger partial charge in [0, 0.05) is 5.54 Å². The molecule has 1 fully saturated rings. The standard InChI is InChI=1S/C13H28N2/c1-11(2)6-8-15-9-7-12(10-14-5)13(15,3)4/h11-12,14H,6-10H2,1-5H3. The molecule has 0 amide bonds. The maximum absolute atomic E-state index is 3.32. The molecule has 2 nitrogen and oxygen atoms in total. The van der Waals surface area contributed by atoms with E-state index >= 15 is 0 Å². The van der Waals surface area contributed by atoms with Crippen LogP contribution in [0, 0.1) is 11.8 Å². The van der Waals surface area contributed by atoms with Crippen molar-refractivity contribution in [2.45, 2.75) is 46.1 Å². The van der Waals surface area contributed by atoms with E-state index in [1.54, 1.807) is 0 Å². The normalized spacial score (nSPS) is 26.4. The Morgan fingerprint density at radius 1 is 1.40 bits per heavy atom. The molecule has 15 heavy (non-hydrogen) atoms. The molecule has 0 bridgehead atoms. The second kappa shape index (κ2) is 5.31. The van der Waals surface area contributed by atoms with Crippen LogP contribution >= 0.6 is 0 Å². The van der Waals surface area contributed by atoms with Crippen LogP contribution < -0.4 is 5.32 Å². The number of rotatable bonds is 5. The molecule has 0 aromatic rings. The van der Waals surface area contributed by atoms with E-state index in [-0.39, 0.29) is 0 Å². The molecule has 1 heterocycles. The van der Waals surface area contributed by atoms with Crippen LogP contribution in [0.25, 0.3) is 0 Å². The summed E-state index contributed by atoms with van der Waals surface area (Å²) in [4.78, 5) is 2.68. The number of hydrogen-bond donors (Lipinski definition) is 1. The van der Waals surface area contributed by atoms with E-state index in [1.165, 1.54) is 25.9 Å². The van der Waals surface area contributed by atoms with Gasteiger partial charge in [0.2, 0.25) is 0 Å². The predicted octanol–water partition coefficient (Wildman–Crippen LogP) is 2.35. The Kier molecular flexibility index (Phi) is 4.60. The van der Waals surface area contributed by atoms with Crippen molar-refractivity contribution in [2.75, 3.05) is 26.7 Å². The molecule has 1 atom stereocenters. The van der Waals surface area contributed by atoms with Crippen LogP contribution in [0.5, 0.6) is 0 Å². The average Bonchev–Trinajstić information content (AvgIpc) is 2.40. The minimum absolute atomic E-state index is 0.387. The highest BCUT2D eigenvalue weighted by Crippen LogP contribution is 2.34. The fraction of sp³-hybridized carbons (Fsp3) is 1.00. The maximum Gasteiger partial charge on any atom is 0.0193 e. The monoisotopic (exact) mass is 212 g/mol. The fourth-order valence-electron chi connectivity index (χ4n) is 2.62. The van der Waals surface area contributed by atoms with Crippen molar-refractivity contribution in [3.05, 3.63) is 0 Å². The van der Waals surface area contributed by atoms with Gasteiger partial charge < -0.3 is 5.32 Å². The van der Waals surface area contributed by atoms with Gasteiger partial charge >= 0.3 is 0 Å². The molecule has 1 N–H and O–H groups in total. The number of nitrogens with one attached hydrogen (secondary N) is 1. The third-order valence-corrected chi connectivity index (χ3v) is 3.99.